The molecule has 2 heterocycles. The molecule has 116 valence electrons. The van der Waals surface area contributed by atoms with Crippen molar-refractivity contribution in [2.24, 2.45) is 0 Å². The van der Waals surface area contributed by atoms with Crippen molar-refractivity contribution in [1.82, 2.24) is 20.3 Å². The van der Waals surface area contributed by atoms with Gasteiger partial charge in [0.1, 0.15) is 6.54 Å². The zero-order chi connectivity index (χ0) is 15.8. The van der Waals surface area contributed by atoms with Crippen LogP contribution in [0.15, 0.2) is 6.20 Å². The molecule has 1 amide bonds. The zero-order valence-electron chi connectivity index (χ0n) is 12.6. The molecule has 21 heavy (non-hydrogen) atoms. The van der Waals surface area contributed by atoms with Crippen LogP contribution in [0.25, 0.3) is 0 Å². The number of rotatable bonds is 4. The van der Waals surface area contributed by atoms with Crippen LogP contribution in [0.4, 0.5) is 0 Å². The van der Waals surface area contributed by atoms with Crippen molar-refractivity contribution >= 4 is 11.9 Å². The van der Waals surface area contributed by atoms with Crippen LogP contribution in [-0.4, -0.2) is 49.2 Å². The third-order valence-corrected chi connectivity index (χ3v) is 3.47. The van der Waals surface area contributed by atoms with Crippen molar-refractivity contribution in [3.63, 3.8) is 0 Å². The lowest BCUT2D eigenvalue weighted by molar-refractivity contribution is -0.124. The maximum absolute atomic E-state index is 12.0. The van der Waals surface area contributed by atoms with Crippen LogP contribution in [0.1, 0.15) is 44.6 Å². The summed E-state index contributed by atoms with van der Waals surface area (Å²) in [7, 11) is 0. The van der Waals surface area contributed by atoms with E-state index >= 15 is 0 Å². The quantitative estimate of drug-likeness (QED) is 0.835. The molecule has 0 aromatic carbocycles. The van der Waals surface area contributed by atoms with Crippen molar-refractivity contribution in [2.75, 3.05) is 0 Å². The molecule has 1 aromatic rings. The average molecular weight is 296 g/mol. The van der Waals surface area contributed by atoms with Crippen LogP contribution >= 0.6 is 0 Å². The highest BCUT2D eigenvalue weighted by atomic mass is 16.5. The molecule has 0 radical (unpaired) electrons. The van der Waals surface area contributed by atoms with Crippen LogP contribution in [0.3, 0.4) is 0 Å². The highest BCUT2D eigenvalue weighted by Crippen LogP contribution is 2.37. The van der Waals surface area contributed by atoms with Crippen LogP contribution in [-0.2, 0) is 16.1 Å². The first kappa shape index (κ1) is 15.4. The first-order valence-corrected chi connectivity index (χ1v) is 6.72. The molecule has 0 saturated carbocycles. The normalized spacial score (nSPS) is 23.0. The second-order valence-electron chi connectivity index (χ2n) is 6.40. The number of nitrogens with one attached hydrogen (secondary N) is 1. The maximum Gasteiger partial charge on any atom is 0.358 e. The SMILES string of the molecule is CC1(C)CC(NC(=O)Cn2cc(C(=O)O)nn2)C(C)(C)O1. The minimum absolute atomic E-state index is 0.0761. The number of aromatic carboxylic acids is 1. The molecule has 1 aliphatic heterocycles. The van der Waals surface area contributed by atoms with Crippen molar-refractivity contribution < 1.29 is 19.4 Å². The summed E-state index contributed by atoms with van der Waals surface area (Å²) in [5.41, 5.74) is -0.924. The fourth-order valence-corrected chi connectivity index (χ4v) is 2.65. The Morgan fingerprint density at radius 1 is 1.48 bits per heavy atom. The van der Waals surface area contributed by atoms with E-state index in [-0.39, 0.29) is 29.8 Å². The smallest absolute Gasteiger partial charge is 0.358 e. The van der Waals surface area contributed by atoms with E-state index in [1.165, 1.54) is 10.9 Å². The van der Waals surface area contributed by atoms with E-state index < -0.39 is 11.6 Å². The first-order valence-electron chi connectivity index (χ1n) is 6.72. The molecule has 2 rings (SSSR count). The van der Waals surface area contributed by atoms with E-state index in [2.05, 4.69) is 15.6 Å². The monoisotopic (exact) mass is 296 g/mol. The molecule has 1 fully saturated rings. The molecule has 0 bridgehead atoms. The van der Waals surface area contributed by atoms with Gasteiger partial charge in [0.05, 0.1) is 23.4 Å². The molecule has 0 aliphatic carbocycles. The Balaban J connectivity index is 1.97. The standard InChI is InChI=1S/C13H20N4O4/c1-12(2)5-9(13(3,4)21-12)14-10(18)7-17-6-8(11(19)20)15-16-17/h6,9H,5,7H2,1-4H3,(H,14,18)(H,19,20). The van der Waals surface area contributed by atoms with Crippen molar-refractivity contribution in [1.29, 1.82) is 0 Å². The number of ether oxygens (including phenoxy) is 1. The number of hydrogen-bond acceptors (Lipinski definition) is 5. The molecule has 1 atom stereocenters. The van der Waals surface area contributed by atoms with Crippen LogP contribution in [0.5, 0.6) is 0 Å². The third-order valence-electron chi connectivity index (χ3n) is 3.47. The molecule has 1 aliphatic rings. The molecule has 2 N–H and O–H groups in total. The van der Waals surface area contributed by atoms with Crippen LogP contribution in [0, 0.1) is 0 Å². The number of carbonyl (C=O) groups excluding carboxylic acids is 1. The maximum atomic E-state index is 12.0. The lowest BCUT2D eigenvalue weighted by Crippen LogP contribution is -2.47. The fourth-order valence-electron chi connectivity index (χ4n) is 2.65. The van der Waals surface area contributed by atoms with E-state index in [0.29, 0.717) is 6.42 Å². The number of carboxylic acids is 1. The summed E-state index contributed by atoms with van der Waals surface area (Å²) in [6.07, 6.45) is 1.94. The van der Waals surface area contributed by atoms with Crippen molar-refractivity contribution in [3.05, 3.63) is 11.9 Å². The molecular formula is C13H20N4O4. The van der Waals surface area contributed by atoms with E-state index in [9.17, 15) is 9.59 Å². The Hall–Kier alpha value is -1.96. The fraction of sp³-hybridized carbons (Fsp3) is 0.692. The van der Waals surface area contributed by atoms with Gasteiger partial charge < -0.3 is 15.2 Å². The summed E-state index contributed by atoms with van der Waals surface area (Å²) in [5.74, 6) is -1.43. The molecule has 8 heteroatoms. The van der Waals surface area contributed by atoms with Gasteiger partial charge in [0.15, 0.2) is 5.69 Å². The lowest BCUT2D eigenvalue weighted by atomic mass is 9.94. The van der Waals surface area contributed by atoms with E-state index in [0.717, 1.165) is 0 Å². The van der Waals surface area contributed by atoms with Gasteiger partial charge in [-0.05, 0) is 34.1 Å². The summed E-state index contributed by atoms with van der Waals surface area (Å²) in [5, 5.41) is 18.7. The van der Waals surface area contributed by atoms with Gasteiger partial charge in [-0.1, -0.05) is 5.21 Å². The van der Waals surface area contributed by atoms with Gasteiger partial charge in [-0.2, -0.15) is 0 Å². The number of hydrogen-bond donors (Lipinski definition) is 2. The first-order chi connectivity index (χ1) is 9.59. The van der Waals surface area contributed by atoms with Gasteiger partial charge in [-0.15, -0.1) is 5.10 Å². The number of carbonyl (C=O) groups is 2. The predicted molar refractivity (Wildman–Crippen MR) is 72.8 cm³/mol. The lowest BCUT2D eigenvalue weighted by Gasteiger charge is -2.27. The van der Waals surface area contributed by atoms with E-state index in [4.69, 9.17) is 9.84 Å². The number of nitrogens with zero attached hydrogens (tertiary/aromatic N) is 3. The minimum Gasteiger partial charge on any atom is -0.476 e. The Kier molecular flexibility index (Phi) is 3.75. The molecule has 1 unspecified atom stereocenters. The van der Waals surface area contributed by atoms with E-state index in [1.807, 2.05) is 27.7 Å². The van der Waals surface area contributed by atoms with Crippen molar-refractivity contribution in [3.8, 4) is 0 Å². The van der Waals surface area contributed by atoms with Gasteiger partial charge in [0.2, 0.25) is 5.91 Å². The Morgan fingerprint density at radius 2 is 2.14 bits per heavy atom. The second-order valence-corrected chi connectivity index (χ2v) is 6.40. The summed E-state index contributed by atoms with van der Waals surface area (Å²) >= 11 is 0. The largest absolute Gasteiger partial charge is 0.476 e. The number of carboxylic acid groups (broad SMARTS) is 1. The minimum atomic E-state index is -1.17. The Morgan fingerprint density at radius 3 is 2.62 bits per heavy atom. The number of aromatic nitrogens is 3. The van der Waals surface area contributed by atoms with Gasteiger partial charge in [0.25, 0.3) is 0 Å². The summed E-state index contributed by atoms with van der Waals surface area (Å²) < 4.78 is 7.11. The van der Waals surface area contributed by atoms with Crippen LogP contribution < -0.4 is 5.32 Å². The molecule has 1 aromatic heterocycles. The molecule has 1 saturated heterocycles. The highest BCUT2D eigenvalue weighted by molar-refractivity contribution is 5.84. The zero-order valence-corrected chi connectivity index (χ0v) is 12.6. The molecular weight excluding hydrogens is 276 g/mol. The third kappa shape index (κ3) is 3.57. The van der Waals surface area contributed by atoms with Gasteiger partial charge in [-0.3, -0.25) is 4.79 Å². The average Bonchev–Trinajstić information content (AvgIpc) is 2.81. The second kappa shape index (κ2) is 5.10. The van der Waals surface area contributed by atoms with Crippen LogP contribution in [0.2, 0.25) is 0 Å². The Labute approximate surface area is 122 Å². The Bertz CT molecular complexity index is 564. The summed E-state index contributed by atoms with van der Waals surface area (Å²) in [6, 6.07) is -0.109. The molecule has 8 nitrogen and oxygen atoms in total. The van der Waals surface area contributed by atoms with Gasteiger partial charge >= 0.3 is 5.97 Å². The van der Waals surface area contributed by atoms with Crippen molar-refractivity contribution in [2.45, 2.75) is 57.9 Å². The van der Waals surface area contributed by atoms with Gasteiger partial charge in [-0.25, -0.2) is 9.48 Å². The highest BCUT2D eigenvalue weighted by Gasteiger charge is 2.46. The molecule has 0 spiro atoms. The topological polar surface area (TPSA) is 106 Å². The summed E-state index contributed by atoms with van der Waals surface area (Å²) in [6.45, 7) is 7.76. The number of amides is 1. The van der Waals surface area contributed by atoms with E-state index in [1.54, 1.807) is 0 Å². The predicted octanol–water partition coefficient (Wildman–Crippen LogP) is 0.439. The summed E-state index contributed by atoms with van der Waals surface area (Å²) in [4.78, 5) is 22.7. The van der Waals surface area contributed by atoms with Gasteiger partial charge in [0, 0.05) is 0 Å².